The van der Waals surface area contributed by atoms with Gasteiger partial charge in [-0.15, -0.1) is 11.8 Å². The van der Waals surface area contributed by atoms with Crippen LogP contribution in [0.3, 0.4) is 0 Å². The second-order valence-electron chi connectivity index (χ2n) is 4.58. The smallest absolute Gasteiger partial charge is 0.254 e. The number of amides is 1. The van der Waals surface area contributed by atoms with E-state index in [0.717, 1.165) is 16.7 Å². The van der Waals surface area contributed by atoms with E-state index in [4.69, 9.17) is 6.11 Å². The van der Waals surface area contributed by atoms with Gasteiger partial charge in [0.15, 0.2) is 0 Å². The number of ether oxygens (including phenoxy) is 1. The predicted molar refractivity (Wildman–Crippen MR) is 82.7 cm³/mol. The number of methoxy groups -OCH3 is 1. The molecule has 0 saturated heterocycles. The molecule has 0 radical (unpaired) electrons. The number of fused-ring (bicyclic) bond motifs is 1. The van der Waals surface area contributed by atoms with Gasteiger partial charge in [-0.05, 0) is 29.8 Å². The molecule has 1 heterocycles. The van der Waals surface area contributed by atoms with Gasteiger partial charge in [-0.1, -0.05) is 24.3 Å². The van der Waals surface area contributed by atoms with Gasteiger partial charge < -0.3 is 15.2 Å². The molecule has 4 nitrogen and oxygen atoms in total. The number of carbonyl (C=O) groups is 1. The average Bonchev–Trinajstić information content (AvgIpc) is 2.64. The molecule has 0 fully saturated rings. The predicted octanol–water partition coefficient (Wildman–Crippen LogP) is 2.84. The lowest BCUT2D eigenvalue weighted by molar-refractivity contribution is -0.124. The van der Waals surface area contributed by atoms with Crippen molar-refractivity contribution in [2.45, 2.75) is 16.2 Å². The molecule has 0 aliphatic carbocycles. The Morgan fingerprint density at radius 2 is 1.95 bits per heavy atom. The fourth-order valence-corrected chi connectivity index (χ4v) is 3.21. The molecule has 2 aromatic rings. The Labute approximate surface area is 128 Å². The molecule has 21 heavy (non-hydrogen) atoms. The van der Waals surface area contributed by atoms with Crippen molar-refractivity contribution in [1.82, 2.24) is 0 Å². The maximum Gasteiger partial charge on any atom is 0.254 e. The summed E-state index contributed by atoms with van der Waals surface area (Å²) in [5, 5.41) is 11.5. The van der Waals surface area contributed by atoms with Crippen LogP contribution in [0.5, 0.6) is 5.75 Å². The Kier molecular flexibility index (Phi) is 3.51. The minimum atomic E-state index is -1.52. The molecule has 2 aromatic carbocycles. The van der Waals surface area contributed by atoms with Gasteiger partial charge in [-0.2, -0.15) is 0 Å². The van der Waals surface area contributed by atoms with E-state index in [-0.39, 0.29) is 0 Å². The van der Waals surface area contributed by atoms with Gasteiger partial charge in [0.2, 0.25) is 0 Å². The summed E-state index contributed by atoms with van der Waals surface area (Å²) in [6.07, 6.45) is -1.49. The van der Waals surface area contributed by atoms with Crippen LogP contribution in [0.1, 0.15) is 12.2 Å². The molecular weight excluding hydrogens is 286 g/mol. The lowest BCUT2D eigenvalue weighted by Gasteiger charge is -2.19. The molecule has 1 amide bonds. The fourth-order valence-electron chi connectivity index (χ4n) is 2.13. The molecule has 1 aliphatic heterocycles. The number of rotatable bonds is 2. The summed E-state index contributed by atoms with van der Waals surface area (Å²) < 4.78 is 13.8. The third-order valence-corrected chi connectivity index (χ3v) is 4.49. The maximum absolute atomic E-state index is 12.2. The summed E-state index contributed by atoms with van der Waals surface area (Å²) in [5.41, 5.74) is 1.15. The van der Waals surface area contributed by atoms with E-state index < -0.39 is 17.2 Å². The van der Waals surface area contributed by atoms with Gasteiger partial charge in [-0.25, -0.2) is 0 Å². The Bertz CT molecular complexity index is 707. The second kappa shape index (κ2) is 5.79. The molecule has 0 unspecified atom stereocenters. The molecule has 0 spiro atoms. The van der Waals surface area contributed by atoms with Crippen molar-refractivity contribution in [3.8, 4) is 5.75 Å². The molecule has 1 aliphatic rings. The van der Waals surface area contributed by atoms with Crippen molar-refractivity contribution >= 4 is 23.4 Å². The molecule has 0 saturated carbocycles. The molecule has 2 atom stereocenters. The van der Waals surface area contributed by atoms with Crippen molar-refractivity contribution in [3.63, 3.8) is 0 Å². The lowest BCUT2D eigenvalue weighted by atomic mass is 10.1. The Morgan fingerprint density at radius 3 is 2.67 bits per heavy atom. The van der Waals surface area contributed by atoms with Crippen LogP contribution in [0.2, 0.25) is 0 Å². The van der Waals surface area contributed by atoms with Crippen LogP contribution in [-0.4, -0.2) is 24.2 Å². The van der Waals surface area contributed by atoms with Crippen molar-refractivity contribution < 1.29 is 16.0 Å². The van der Waals surface area contributed by atoms with Crippen LogP contribution >= 0.6 is 11.8 Å². The number of aliphatic hydroxyl groups is 1. The quantitative estimate of drug-likeness (QED) is 0.895. The Morgan fingerprint density at radius 1 is 1.24 bits per heavy atom. The van der Waals surface area contributed by atoms with Gasteiger partial charge in [0, 0.05) is 4.90 Å². The fraction of sp³-hybridized carbons (Fsp3) is 0.188. The van der Waals surface area contributed by atoms with Gasteiger partial charge in [0.05, 0.1) is 19.4 Å². The third kappa shape index (κ3) is 2.75. The SMILES string of the molecule is [2H][C@@]1(c2ccc(OC)cc2)Sc2ccccc2NC(=O)[C@@H]1O. The summed E-state index contributed by atoms with van der Waals surface area (Å²) >= 11 is 1.15. The standard InChI is InChI=1S/C16H15NO3S/c1-20-11-8-6-10(7-9-11)15-14(18)16(19)17-12-4-2-3-5-13(12)21-15/h2-9,14-15,18H,1H3,(H,17,19)/t14-,15+/m1/s1/i15D. The highest BCUT2D eigenvalue weighted by Crippen LogP contribution is 2.43. The molecule has 0 bridgehead atoms. The number of thioether (sulfide) groups is 1. The molecular formula is C16H15NO3S. The van der Waals surface area contributed by atoms with E-state index in [9.17, 15) is 9.90 Å². The summed E-state index contributed by atoms with van der Waals surface area (Å²) in [7, 11) is 1.56. The lowest BCUT2D eigenvalue weighted by Crippen LogP contribution is -2.30. The highest BCUT2D eigenvalue weighted by atomic mass is 32.2. The van der Waals surface area contributed by atoms with Crippen molar-refractivity contribution in [2.24, 2.45) is 0 Å². The van der Waals surface area contributed by atoms with E-state index in [0.29, 0.717) is 17.0 Å². The van der Waals surface area contributed by atoms with Crippen molar-refractivity contribution in [2.75, 3.05) is 12.4 Å². The first-order valence-electron chi connectivity index (χ1n) is 6.96. The number of para-hydroxylation sites is 1. The first-order valence-corrected chi connectivity index (χ1v) is 7.28. The maximum atomic E-state index is 12.2. The van der Waals surface area contributed by atoms with Gasteiger partial charge >= 0.3 is 0 Å². The molecule has 108 valence electrons. The van der Waals surface area contributed by atoms with Gasteiger partial charge in [0.1, 0.15) is 11.9 Å². The molecule has 5 heteroatoms. The highest BCUT2D eigenvalue weighted by Gasteiger charge is 2.32. The molecule has 0 aromatic heterocycles. The minimum absolute atomic E-state index is 0.539. The van der Waals surface area contributed by atoms with Crippen LogP contribution in [0.15, 0.2) is 53.4 Å². The van der Waals surface area contributed by atoms with E-state index in [1.807, 2.05) is 12.1 Å². The van der Waals surface area contributed by atoms with Crippen LogP contribution in [-0.2, 0) is 4.79 Å². The summed E-state index contributed by atoms with van der Waals surface area (Å²) in [5.74, 6) is 0.0774. The number of anilines is 1. The number of carbonyl (C=O) groups excluding carboxylic acids is 1. The van der Waals surface area contributed by atoms with Crippen molar-refractivity contribution in [3.05, 3.63) is 54.1 Å². The zero-order chi connectivity index (χ0) is 15.7. The zero-order valence-electron chi connectivity index (χ0n) is 12.4. The van der Waals surface area contributed by atoms with E-state index >= 15 is 0 Å². The monoisotopic (exact) mass is 302 g/mol. The van der Waals surface area contributed by atoms with Crippen LogP contribution in [0.25, 0.3) is 0 Å². The van der Waals surface area contributed by atoms with Crippen molar-refractivity contribution in [1.29, 1.82) is 0 Å². The second-order valence-corrected chi connectivity index (χ2v) is 5.67. The first-order chi connectivity index (χ1) is 10.5. The normalized spacial score (nSPS) is 25.3. The Balaban J connectivity index is 2.07. The Hall–Kier alpha value is -1.98. The minimum Gasteiger partial charge on any atom is -0.497 e. The highest BCUT2D eigenvalue weighted by molar-refractivity contribution is 7.99. The average molecular weight is 302 g/mol. The topological polar surface area (TPSA) is 58.6 Å². The van der Waals surface area contributed by atoms with E-state index in [1.54, 1.807) is 43.5 Å². The number of hydrogen-bond acceptors (Lipinski definition) is 4. The largest absolute Gasteiger partial charge is 0.497 e. The first kappa shape index (κ1) is 12.7. The van der Waals surface area contributed by atoms with Crippen LogP contribution in [0.4, 0.5) is 5.69 Å². The van der Waals surface area contributed by atoms with E-state index in [1.165, 1.54) is 0 Å². The number of nitrogens with one attached hydrogen (secondary N) is 1. The molecule has 2 N–H and O–H groups in total. The molecule has 3 rings (SSSR count). The van der Waals surface area contributed by atoms with Gasteiger partial charge in [0.25, 0.3) is 5.91 Å². The summed E-state index contributed by atoms with van der Waals surface area (Å²) in [6, 6.07) is 14.0. The number of benzene rings is 2. The number of aliphatic hydroxyl groups excluding tert-OH is 1. The number of hydrogen-bond donors (Lipinski definition) is 2. The van der Waals surface area contributed by atoms with Crippen LogP contribution < -0.4 is 10.1 Å². The van der Waals surface area contributed by atoms with E-state index in [2.05, 4.69) is 5.32 Å². The summed E-state index contributed by atoms with van der Waals surface area (Å²) in [6.45, 7) is 0. The van der Waals surface area contributed by atoms with Crippen LogP contribution in [0, 0.1) is 0 Å². The van der Waals surface area contributed by atoms with Gasteiger partial charge in [-0.3, -0.25) is 4.79 Å². The third-order valence-electron chi connectivity index (χ3n) is 3.24. The summed E-state index contributed by atoms with van der Waals surface area (Å²) in [4.78, 5) is 12.9. The zero-order valence-corrected chi connectivity index (χ0v) is 12.2.